The summed E-state index contributed by atoms with van der Waals surface area (Å²) in [7, 11) is -11.4. The molecule has 5 heterocycles. The molecule has 0 aromatic carbocycles. The number of nitrogens with two attached hydrogens (primary N) is 1. The second-order valence-electron chi connectivity index (χ2n) is 15.4. The molecule has 0 bridgehead atoms. The van der Waals surface area contributed by atoms with E-state index in [1.165, 1.54) is 10.9 Å². The number of carbonyl (C=O) groups excluding carboxylic acids is 1. The first-order valence-electron chi connectivity index (χ1n) is 18.4. The smallest absolute Gasteiger partial charge is 0.406 e. The van der Waals surface area contributed by atoms with Crippen LogP contribution in [-0.4, -0.2) is 103 Å². The van der Waals surface area contributed by atoms with E-state index in [4.69, 9.17) is 37.7 Å². The quantitative estimate of drug-likeness (QED) is 0.0673. The molecule has 2 aromatic heterocycles. The number of hydrogen-bond donors (Lipinski definition) is 5. The highest BCUT2D eigenvalue weighted by molar-refractivity contribution is 7.52. The van der Waals surface area contributed by atoms with Gasteiger partial charge < -0.3 is 19.6 Å². The molecule has 6 N–H and O–H groups in total. The number of hydrogen-bond acceptors (Lipinski definition) is 16. The number of ether oxygens (including phenoxy) is 2. The van der Waals surface area contributed by atoms with Crippen LogP contribution in [0.3, 0.4) is 0 Å². The third kappa shape index (κ3) is 10.6. The van der Waals surface area contributed by atoms with Crippen LogP contribution in [0.5, 0.6) is 0 Å². The molecule has 1 amide bonds. The predicted octanol–water partition coefficient (Wildman–Crippen LogP) is 3.14. The molecule has 5 rings (SSSR count). The van der Waals surface area contributed by atoms with Crippen molar-refractivity contribution in [2.75, 3.05) is 31.7 Å². The van der Waals surface area contributed by atoms with Crippen LogP contribution in [0.1, 0.15) is 60.1 Å². The summed E-state index contributed by atoms with van der Waals surface area (Å²) >= 11 is 0. The summed E-state index contributed by atoms with van der Waals surface area (Å²) in [5, 5.41) is 26.6. The molecule has 2 aromatic rings. The number of nitrogens with one attached hydrogen (secondary N) is 4. The van der Waals surface area contributed by atoms with Gasteiger partial charge in [0.25, 0.3) is 5.56 Å². The molecule has 0 radical (unpaired) electrons. The first-order chi connectivity index (χ1) is 26.8. The van der Waals surface area contributed by atoms with E-state index in [1.54, 1.807) is 13.8 Å². The van der Waals surface area contributed by atoms with Gasteiger partial charge in [0, 0.05) is 12.3 Å². The number of carbonyl (C=O) groups is 1. The number of aromatic amines is 1. The molecule has 3 aliphatic rings. The van der Waals surface area contributed by atoms with Gasteiger partial charge in [-0.05, 0) is 18.1 Å². The van der Waals surface area contributed by atoms with Gasteiger partial charge in [-0.1, -0.05) is 34.6 Å². The van der Waals surface area contributed by atoms with Crippen LogP contribution in [0.15, 0.2) is 16.1 Å². The number of anilines is 1. The van der Waals surface area contributed by atoms with Crippen LogP contribution < -0.4 is 26.8 Å². The highest BCUT2D eigenvalue weighted by atomic mass is 31.2. The van der Waals surface area contributed by atoms with E-state index < -0.39 is 90.7 Å². The van der Waals surface area contributed by atoms with Gasteiger partial charge in [-0.25, -0.2) is 29.3 Å². The number of aromatic nitrogens is 4. The van der Waals surface area contributed by atoms with Gasteiger partial charge in [0.2, 0.25) is 11.9 Å². The lowest BCUT2D eigenvalue weighted by Gasteiger charge is -2.41. The third-order valence-electron chi connectivity index (χ3n) is 9.95. The van der Waals surface area contributed by atoms with Gasteiger partial charge in [-0.3, -0.25) is 42.6 Å². The number of amides is 1. The molecular formula is C32H51N11O11P2Si. The summed E-state index contributed by atoms with van der Waals surface area (Å²) in [4.78, 5) is 41.3. The zero-order valence-corrected chi connectivity index (χ0v) is 35.7. The minimum Gasteiger partial charge on any atom is -0.408 e. The Bertz CT molecular complexity index is 2030. The van der Waals surface area contributed by atoms with Crippen molar-refractivity contribution in [1.29, 1.82) is 10.5 Å². The zero-order chi connectivity index (χ0) is 41.8. The number of rotatable bonds is 12. The van der Waals surface area contributed by atoms with E-state index in [1.807, 2.05) is 46.0 Å². The van der Waals surface area contributed by atoms with E-state index >= 15 is 0 Å². The number of nitriles is 2. The van der Waals surface area contributed by atoms with Gasteiger partial charge in [0.15, 0.2) is 31.9 Å². The maximum Gasteiger partial charge on any atom is 0.406 e. The molecule has 3 aliphatic heterocycles. The van der Waals surface area contributed by atoms with Crippen LogP contribution in [0.25, 0.3) is 11.2 Å². The van der Waals surface area contributed by atoms with Crippen molar-refractivity contribution >= 4 is 53.2 Å². The normalized spacial score (nSPS) is 31.3. The summed E-state index contributed by atoms with van der Waals surface area (Å²) < 4.78 is 74.0. The first kappa shape index (κ1) is 44.7. The van der Waals surface area contributed by atoms with Gasteiger partial charge in [-0.2, -0.15) is 15.5 Å². The van der Waals surface area contributed by atoms with Gasteiger partial charge in [0.1, 0.15) is 18.3 Å². The molecule has 22 nitrogen and oxygen atoms in total. The Morgan fingerprint density at radius 3 is 2.35 bits per heavy atom. The summed E-state index contributed by atoms with van der Waals surface area (Å²) in [6.45, 7) is 12.1. The fourth-order valence-electron chi connectivity index (χ4n) is 5.91. The van der Waals surface area contributed by atoms with Gasteiger partial charge >= 0.3 is 15.5 Å². The first-order valence-corrected chi connectivity index (χ1v) is 24.4. The summed E-state index contributed by atoms with van der Waals surface area (Å²) in [6, 6.07) is 1.98. The maximum absolute atomic E-state index is 14.8. The molecule has 3 saturated heterocycles. The van der Waals surface area contributed by atoms with Crippen LogP contribution in [0, 0.1) is 28.6 Å². The van der Waals surface area contributed by atoms with Crippen molar-refractivity contribution in [3.8, 4) is 12.1 Å². The number of fused-ring (bicyclic) bond motifs is 3. The number of aliphatic imine (C=N–C) groups is 1. The molecule has 57 heavy (non-hydrogen) atoms. The summed E-state index contributed by atoms with van der Waals surface area (Å²) in [5.41, 5.74) is 4.85. The van der Waals surface area contributed by atoms with Crippen molar-refractivity contribution in [3.05, 3.63) is 16.7 Å². The third-order valence-corrected chi connectivity index (χ3v) is 17.7. The topological polar surface area (TPSA) is 301 Å². The zero-order valence-electron chi connectivity index (χ0n) is 32.9. The van der Waals surface area contributed by atoms with E-state index in [0.717, 1.165) is 6.34 Å². The summed E-state index contributed by atoms with van der Waals surface area (Å²) in [6.07, 6.45) is -2.80. The van der Waals surface area contributed by atoms with Crippen molar-refractivity contribution in [3.63, 3.8) is 0 Å². The van der Waals surface area contributed by atoms with E-state index in [0.29, 0.717) is 0 Å². The Morgan fingerprint density at radius 2 is 1.75 bits per heavy atom. The predicted molar refractivity (Wildman–Crippen MR) is 207 cm³/mol. The van der Waals surface area contributed by atoms with E-state index in [-0.39, 0.29) is 61.2 Å². The second kappa shape index (κ2) is 18.2. The fraction of sp³-hybridized carbons (Fsp3) is 0.719. The van der Waals surface area contributed by atoms with E-state index in [2.05, 4.69) is 35.4 Å². The van der Waals surface area contributed by atoms with E-state index in [9.17, 15) is 29.2 Å². The number of H-pyrrole nitrogens is 1. The van der Waals surface area contributed by atoms with Crippen LogP contribution in [0.4, 0.5) is 5.95 Å². The van der Waals surface area contributed by atoms with Crippen LogP contribution in [-0.2, 0) is 45.9 Å². The standard InChI is InChI=1S/C32H51N11O11P2Si/c1-19(2)28(44)39-31-38-27-25(29(45)40-31)37-18-43(27)30-26(54-57(6,7)32(3,4)5)24-22(53-30)16-51-55(46,48-12-8-10-33)41-20-14-23(36-17-35)52-21(20)15-50-56(47,42-24)49-13-9-11-34/h17-24,26,30H,8-9,12-16H2,1-7H3,(H2,35,36)(H,41,46)(H,42,47)(H2,38,39,40,44,45)/t20-,21+,22+,23+,24+,26?,30+,55?,56?/m0/s1. The van der Waals surface area contributed by atoms with Crippen molar-refractivity contribution < 1.29 is 45.9 Å². The average molecular weight is 856 g/mol. The summed E-state index contributed by atoms with van der Waals surface area (Å²) in [5.74, 6) is -0.939. The lowest BCUT2D eigenvalue weighted by Crippen LogP contribution is -2.53. The van der Waals surface area contributed by atoms with Crippen molar-refractivity contribution in [1.82, 2.24) is 29.7 Å². The highest BCUT2D eigenvalue weighted by Crippen LogP contribution is 2.52. The van der Waals surface area contributed by atoms with Crippen molar-refractivity contribution in [2.45, 2.75) is 115 Å². The molecular weight excluding hydrogens is 804 g/mol. The van der Waals surface area contributed by atoms with Gasteiger partial charge in [-0.15, -0.1) is 0 Å². The lowest BCUT2D eigenvalue weighted by atomic mass is 10.1. The Balaban J connectivity index is 1.64. The van der Waals surface area contributed by atoms with Crippen molar-refractivity contribution in [2.24, 2.45) is 16.6 Å². The Hall–Kier alpha value is -3.41. The molecule has 0 spiro atoms. The highest BCUT2D eigenvalue weighted by Gasteiger charge is 2.55. The molecule has 0 saturated carbocycles. The molecule has 314 valence electrons. The Morgan fingerprint density at radius 1 is 1.12 bits per heavy atom. The average Bonchev–Trinajstić information content (AvgIpc) is 3.81. The second-order valence-corrected chi connectivity index (χ2v) is 23.7. The number of nitrogens with zero attached hydrogens (tertiary/aromatic N) is 6. The van der Waals surface area contributed by atoms with Crippen LogP contribution in [0.2, 0.25) is 18.1 Å². The number of imidazole rings is 1. The monoisotopic (exact) mass is 855 g/mol. The molecule has 3 fully saturated rings. The Kier molecular flexibility index (Phi) is 14.3. The minimum absolute atomic E-state index is 0.0291. The largest absolute Gasteiger partial charge is 0.408 e. The van der Waals surface area contributed by atoms with Gasteiger partial charge in [0.05, 0.1) is 76.2 Å². The fourth-order valence-corrected chi connectivity index (χ4v) is 10.4. The van der Waals surface area contributed by atoms with Crippen LogP contribution >= 0.6 is 15.5 Å². The molecule has 0 aliphatic carbocycles. The molecule has 9 atom stereocenters. The molecule has 25 heteroatoms. The SMILES string of the molecule is CC(C)C(=O)Nc1nc2c(ncn2[C@@H]2O[C@@H]3COP(=O)(OCCC#N)N[C@H]4C[C@H](N=CN)O[C@@H]4COP(=O)(OCCC#N)N[C@H]3C2O[Si](C)(C)C(C)(C)C)c(=O)[nH]1. The lowest BCUT2D eigenvalue weighted by molar-refractivity contribution is -0.118. The maximum atomic E-state index is 14.8. The minimum atomic E-state index is -4.39. The molecule has 3 unspecified atom stereocenters. The Labute approximate surface area is 330 Å².